The number of carbonyl (C=O) groups excluding carboxylic acids is 1. The summed E-state index contributed by atoms with van der Waals surface area (Å²) >= 11 is 1.28. The van der Waals surface area contributed by atoms with Crippen LogP contribution in [0.1, 0.15) is 121 Å². The van der Waals surface area contributed by atoms with Gasteiger partial charge >= 0.3 is 6.16 Å². The first kappa shape index (κ1) is 38.5. The molecule has 1 aliphatic carbocycles. The summed E-state index contributed by atoms with van der Waals surface area (Å²) in [4.78, 5) is 12.8. The first-order valence-electron chi connectivity index (χ1n) is 19.8. The van der Waals surface area contributed by atoms with Gasteiger partial charge in [0.1, 0.15) is 16.6 Å². The normalized spacial score (nSPS) is 15.5. The summed E-state index contributed by atoms with van der Waals surface area (Å²) in [5, 5.41) is 0. The molecule has 5 nitrogen and oxygen atoms in total. The number of fused-ring (bicyclic) bond motifs is 4. The lowest BCUT2D eigenvalue weighted by Gasteiger charge is -2.31. The van der Waals surface area contributed by atoms with Crippen LogP contribution >= 0.6 is 11.7 Å². The van der Waals surface area contributed by atoms with E-state index in [0.717, 1.165) is 47.8 Å². The van der Waals surface area contributed by atoms with Crippen LogP contribution < -0.4 is 0 Å². The predicted molar refractivity (Wildman–Crippen MR) is 227 cm³/mol. The fourth-order valence-electron chi connectivity index (χ4n) is 8.57. The largest absolute Gasteiger partial charge is 0.508 e. The monoisotopic (exact) mass is 750 g/mol. The second-order valence-electron chi connectivity index (χ2n) is 17.1. The van der Waals surface area contributed by atoms with Crippen LogP contribution in [0.2, 0.25) is 0 Å². The minimum Gasteiger partial charge on any atom is -0.434 e. The van der Waals surface area contributed by atoms with Gasteiger partial charge in [-0.15, -0.1) is 0 Å². The summed E-state index contributed by atoms with van der Waals surface area (Å²) in [6, 6.07) is 39.8. The van der Waals surface area contributed by atoms with Crippen molar-refractivity contribution in [1.82, 2.24) is 8.75 Å². The zero-order chi connectivity index (χ0) is 39.0. The SMILES string of the molecule is CCCCC(C)(C)OC(=O)OCCCC1(C)c2cc(-c3ccc(C(C)(C)c4ccccc4)c4nsnc34)ccc2-c2ccc(C(C)(C)c3ccccc3)cc21. The van der Waals surface area contributed by atoms with Gasteiger partial charge in [0.05, 0.1) is 18.3 Å². The number of aromatic nitrogens is 2. The molecule has 0 N–H and O–H groups in total. The molecule has 0 amide bonds. The van der Waals surface area contributed by atoms with Crippen LogP contribution in [0, 0.1) is 0 Å². The van der Waals surface area contributed by atoms with E-state index in [4.69, 9.17) is 18.2 Å². The second kappa shape index (κ2) is 15.0. The molecule has 1 aliphatic rings. The van der Waals surface area contributed by atoms with E-state index in [2.05, 4.69) is 151 Å². The topological polar surface area (TPSA) is 61.3 Å². The first-order chi connectivity index (χ1) is 26.3. The van der Waals surface area contributed by atoms with Gasteiger partial charge in [0, 0.05) is 21.8 Å². The van der Waals surface area contributed by atoms with E-state index in [0.29, 0.717) is 13.0 Å². The molecule has 0 bridgehead atoms. The number of ether oxygens (including phenoxy) is 2. The first-order valence-corrected chi connectivity index (χ1v) is 20.5. The highest BCUT2D eigenvalue weighted by Gasteiger charge is 2.41. The fraction of sp³-hybridized carbons (Fsp3) is 0.367. The smallest absolute Gasteiger partial charge is 0.434 e. The zero-order valence-corrected chi connectivity index (χ0v) is 34.5. The summed E-state index contributed by atoms with van der Waals surface area (Å²) < 4.78 is 21.2. The molecule has 55 heavy (non-hydrogen) atoms. The number of nitrogens with zero attached hydrogens (tertiary/aromatic N) is 2. The molecule has 6 aromatic rings. The minimum absolute atomic E-state index is 0.187. The molecule has 7 rings (SSSR count). The van der Waals surface area contributed by atoms with Crippen molar-refractivity contribution in [1.29, 1.82) is 0 Å². The van der Waals surface area contributed by atoms with Gasteiger partial charge in [0.2, 0.25) is 0 Å². The second-order valence-corrected chi connectivity index (χ2v) is 17.7. The van der Waals surface area contributed by atoms with Crippen molar-refractivity contribution in [3.8, 4) is 22.3 Å². The van der Waals surface area contributed by atoms with Gasteiger partial charge in [0.15, 0.2) is 0 Å². The Balaban J connectivity index is 1.25. The number of hydrogen-bond acceptors (Lipinski definition) is 6. The van der Waals surface area contributed by atoms with Gasteiger partial charge in [0.25, 0.3) is 0 Å². The van der Waals surface area contributed by atoms with E-state index in [1.807, 2.05) is 13.8 Å². The summed E-state index contributed by atoms with van der Waals surface area (Å²) in [6.45, 7) is 17.8. The lowest BCUT2D eigenvalue weighted by Crippen LogP contribution is -2.29. The van der Waals surface area contributed by atoms with Gasteiger partial charge < -0.3 is 9.47 Å². The van der Waals surface area contributed by atoms with Crippen LogP contribution in [0.15, 0.2) is 109 Å². The van der Waals surface area contributed by atoms with Gasteiger partial charge in [-0.05, 0) is 95.7 Å². The molecule has 0 fully saturated rings. The molecule has 1 atom stereocenters. The molecular weight excluding hydrogens is 697 g/mol. The third-order valence-electron chi connectivity index (χ3n) is 12.2. The van der Waals surface area contributed by atoms with Gasteiger partial charge in [-0.2, -0.15) is 8.75 Å². The predicted octanol–water partition coefficient (Wildman–Crippen LogP) is 13.2. The lowest BCUT2D eigenvalue weighted by molar-refractivity contribution is -0.0219. The third-order valence-corrected chi connectivity index (χ3v) is 12.7. The van der Waals surface area contributed by atoms with E-state index in [1.165, 1.54) is 56.2 Å². The van der Waals surface area contributed by atoms with Gasteiger partial charge in [-0.1, -0.05) is 151 Å². The highest BCUT2D eigenvalue weighted by atomic mass is 32.1. The maximum absolute atomic E-state index is 12.8. The average Bonchev–Trinajstić information content (AvgIpc) is 3.77. The van der Waals surface area contributed by atoms with Crippen LogP contribution in [0.4, 0.5) is 4.79 Å². The van der Waals surface area contributed by atoms with Crippen LogP contribution in [0.5, 0.6) is 0 Å². The lowest BCUT2D eigenvalue weighted by atomic mass is 9.72. The number of carbonyl (C=O) groups is 1. The number of hydrogen-bond donors (Lipinski definition) is 0. The number of unbranched alkanes of at least 4 members (excludes halogenated alkanes) is 1. The minimum atomic E-state index is -0.590. The van der Waals surface area contributed by atoms with Crippen molar-refractivity contribution < 1.29 is 14.3 Å². The Bertz CT molecular complexity index is 2310. The molecule has 0 spiro atoms. The van der Waals surface area contributed by atoms with E-state index < -0.39 is 11.8 Å². The summed E-state index contributed by atoms with van der Waals surface area (Å²) in [6.07, 6.45) is 3.77. The number of benzene rings is 5. The van der Waals surface area contributed by atoms with E-state index in [-0.39, 0.29) is 16.2 Å². The third kappa shape index (κ3) is 7.34. The van der Waals surface area contributed by atoms with E-state index >= 15 is 0 Å². The van der Waals surface area contributed by atoms with Crippen LogP contribution in [0.25, 0.3) is 33.3 Å². The Hall–Kier alpha value is -4.81. The summed E-state index contributed by atoms with van der Waals surface area (Å²) in [7, 11) is 0. The average molecular weight is 751 g/mol. The molecular formula is C49H54N2O3S. The van der Waals surface area contributed by atoms with Crippen molar-refractivity contribution in [2.24, 2.45) is 0 Å². The van der Waals surface area contributed by atoms with Crippen LogP contribution in [-0.4, -0.2) is 27.1 Å². The molecule has 1 aromatic heterocycles. The van der Waals surface area contributed by atoms with Crippen molar-refractivity contribution in [3.05, 3.63) is 143 Å². The van der Waals surface area contributed by atoms with Crippen LogP contribution in [0.3, 0.4) is 0 Å². The Morgan fingerprint density at radius 2 is 1.27 bits per heavy atom. The van der Waals surface area contributed by atoms with E-state index in [1.54, 1.807) is 0 Å². The maximum Gasteiger partial charge on any atom is 0.508 e. The van der Waals surface area contributed by atoms with Crippen molar-refractivity contribution >= 4 is 28.9 Å². The Kier molecular flexibility index (Phi) is 10.5. The van der Waals surface area contributed by atoms with Crippen molar-refractivity contribution in [2.75, 3.05) is 6.61 Å². The molecule has 284 valence electrons. The van der Waals surface area contributed by atoms with Gasteiger partial charge in [-0.25, -0.2) is 4.79 Å². The molecule has 0 radical (unpaired) electrons. The maximum atomic E-state index is 12.8. The highest BCUT2D eigenvalue weighted by molar-refractivity contribution is 7.00. The zero-order valence-electron chi connectivity index (χ0n) is 33.7. The fourth-order valence-corrected chi connectivity index (χ4v) is 9.14. The molecule has 5 aromatic carbocycles. The molecule has 0 saturated carbocycles. The van der Waals surface area contributed by atoms with Crippen molar-refractivity contribution in [3.63, 3.8) is 0 Å². The quantitative estimate of drug-likeness (QED) is 0.0869. The Morgan fingerprint density at radius 3 is 1.95 bits per heavy atom. The summed E-state index contributed by atoms with van der Waals surface area (Å²) in [5.74, 6) is 0. The highest BCUT2D eigenvalue weighted by Crippen LogP contribution is 2.53. The Labute approximate surface area is 331 Å². The molecule has 1 unspecified atom stereocenters. The Morgan fingerprint density at radius 1 is 0.673 bits per heavy atom. The standard InChI is InChI=1S/C49H54N2O3S/c1-9-10-28-46(2,3)54-45(52)53-30-17-29-49(8)41-31-33(37-26-27-40(44-43(37)50-55-51-44)48(6,7)35-20-15-12-16-21-35)22-24-38(41)39-25-23-36(32-42(39)49)47(4,5)34-18-13-11-14-19-34/h11-16,18-27,31-32H,9-10,17,28-30H2,1-8H3. The van der Waals surface area contributed by atoms with Crippen LogP contribution in [-0.2, 0) is 25.7 Å². The van der Waals surface area contributed by atoms with Gasteiger partial charge in [-0.3, -0.25) is 0 Å². The molecule has 1 heterocycles. The van der Waals surface area contributed by atoms with Crippen molar-refractivity contribution in [2.45, 2.75) is 109 Å². The van der Waals surface area contributed by atoms with E-state index in [9.17, 15) is 4.79 Å². The number of rotatable bonds is 13. The summed E-state index contributed by atoms with van der Waals surface area (Å²) in [5.41, 5.74) is 12.9. The molecule has 6 heteroatoms. The molecule has 0 saturated heterocycles. The molecule has 0 aliphatic heterocycles.